The molecule has 0 aliphatic heterocycles. The summed E-state index contributed by atoms with van der Waals surface area (Å²) in [7, 11) is 1.26. The summed E-state index contributed by atoms with van der Waals surface area (Å²) in [6, 6.07) is 8.33. The number of carbonyl (C=O) groups is 2. The number of ether oxygens (including phenoxy) is 1. The van der Waals surface area contributed by atoms with E-state index in [1.807, 2.05) is 19.9 Å². The maximum atomic E-state index is 12.2. The lowest BCUT2D eigenvalue weighted by atomic mass is 10.0. The molecular weight excluding hydrogens is 244 g/mol. The predicted molar refractivity (Wildman–Crippen MR) is 69.4 cm³/mol. The number of benzene rings is 1. The average Bonchev–Trinajstić information content (AvgIpc) is 2.89. The molecule has 0 aliphatic carbocycles. The van der Waals surface area contributed by atoms with E-state index in [1.165, 1.54) is 19.2 Å². The van der Waals surface area contributed by atoms with Gasteiger partial charge in [0.05, 0.1) is 7.11 Å². The molecule has 98 valence electrons. The monoisotopic (exact) mass is 258 g/mol. The summed E-state index contributed by atoms with van der Waals surface area (Å²) in [5, 5.41) is 0. The molecule has 19 heavy (non-hydrogen) atoms. The number of aryl methyl sites for hydroxylation is 2. The number of carbonyl (C=O) groups excluding carboxylic acids is 2. The Morgan fingerprint density at radius 3 is 2.32 bits per heavy atom. The topological polar surface area (TPSA) is 56.5 Å². The molecule has 0 radical (unpaired) electrons. The highest BCUT2D eigenvalue weighted by atomic mass is 16.5. The molecule has 0 aliphatic rings. The van der Waals surface area contributed by atoms with E-state index in [0.717, 1.165) is 11.1 Å². The van der Waals surface area contributed by atoms with Crippen molar-refractivity contribution >= 4 is 11.8 Å². The van der Waals surface area contributed by atoms with Gasteiger partial charge in [0.15, 0.2) is 5.76 Å². The van der Waals surface area contributed by atoms with Crippen molar-refractivity contribution in [3.8, 4) is 0 Å². The molecule has 2 rings (SSSR count). The van der Waals surface area contributed by atoms with Crippen LogP contribution < -0.4 is 0 Å². The molecule has 4 heteroatoms. The zero-order chi connectivity index (χ0) is 14.0. The van der Waals surface area contributed by atoms with Crippen LogP contribution in [0.25, 0.3) is 0 Å². The van der Waals surface area contributed by atoms with Gasteiger partial charge in [-0.25, -0.2) is 4.79 Å². The van der Waals surface area contributed by atoms with Gasteiger partial charge in [-0.1, -0.05) is 12.1 Å². The highest BCUT2D eigenvalue weighted by Crippen LogP contribution is 2.17. The van der Waals surface area contributed by atoms with Crippen molar-refractivity contribution in [3.05, 3.63) is 58.5 Å². The number of ketones is 1. The lowest BCUT2D eigenvalue weighted by molar-refractivity contribution is 0.0563. The second-order valence-electron chi connectivity index (χ2n) is 4.28. The van der Waals surface area contributed by atoms with Gasteiger partial charge in [-0.15, -0.1) is 0 Å². The minimum Gasteiger partial charge on any atom is -0.463 e. The highest BCUT2D eigenvalue weighted by molar-refractivity contribution is 6.07. The van der Waals surface area contributed by atoms with E-state index in [4.69, 9.17) is 4.42 Å². The van der Waals surface area contributed by atoms with Crippen LogP contribution >= 0.6 is 0 Å². The molecule has 0 saturated carbocycles. The Morgan fingerprint density at radius 1 is 1.00 bits per heavy atom. The molecule has 0 atom stereocenters. The lowest BCUT2D eigenvalue weighted by Gasteiger charge is -2.02. The van der Waals surface area contributed by atoms with Gasteiger partial charge in [0.1, 0.15) is 0 Å². The minimum absolute atomic E-state index is 0.0229. The molecule has 1 aromatic heterocycles. The summed E-state index contributed by atoms with van der Waals surface area (Å²) in [5.74, 6) is -0.698. The highest BCUT2D eigenvalue weighted by Gasteiger charge is 2.17. The van der Waals surface area contributed by atoms with Crippen LogP contribution in [0, 0.1) is 13.8 Å². The van der Waals surface area contributed by atoms with E-state index in [0.29, 0.717) is 5.56 Å². The van der Waals surface area contributed by atoms with Gasteiger partial charge in [0.25, 0.3) is 0 Å². The van der Waals surface area contributed by atoms with Crippen molar-refractivity contribution in [2.24, 2.45) is 0 Å². The van der Waals surface area contributed by atoms with Gasteiger partial charge in [-0.05, 0) is 43.2 Å². The van der Waals surface area contributed by atoms with E-state index >= 15 is 0 Å². The fourth-order valence-electron chi connectivity index (χ4n) is 1.70. The summed E-state index contributed by atoms with van der Waals surface area (Å²) in [4.78, 5) is 23.4. The van der Waals surface area contributed by atoms with Gasteiger partial charge < -0.3 is 9.15 Å². The summed E-state index contributed by atoms with van der Waals surface area (Å²) in [6.45, 7) is 3.92. The molecule has 4 nitrogen and oxygen atoms in total. The molecule has 0 bridgehead atoms. The fraction of sp³-hybridized carbons (Fsp3) is 0.200. The van der Waals surface area contributed by atoms with Crippen LogP contribution in [0.1, 0.15) is 37.8 Å². The first-order chi connectivity index (χ1) is 9.02. The standard InChI is InChI=1S/C15H14O4/c1-9-4-5-11(8-10(9)2)14(16)12-6-7-13(19-12)15(17)18-3/h4-8H,1-3H3. The van der Waals surface area contributed by atoms with Crippen LogP contribution in [0.5, 0.6) is 0 Å². The third-order valence-corrected chi connectivity index (χ3v) is 2.99. The first kappa shape index (κ1) is 13.1. The molecule has 0 unspecified atom stereocenters. The molecule has 1 heterocycles. The first-order valence-corrected chi connectivity index (χ1v) is 5.83. The Bertz CT molecular complexity index is 637. The Balaban J connectivity index is 2.31. The van der Waals surface area contributed by atoms with E-state index in [9.17, 15) is 9.59 Å². The number of rotatable bonds is 3. The van der Waals surface area contributed by atoms with Crippen LogP contribution in [0.15, 0.2) is 34.7 Å². The maximum absolute atomic E-state index is 12.2. The van der Waals surface area contributed by atoms with Crippen molar-refractivity contribution < 1.29 is 18.7 Å². The largest absolute Gasteiger partial charge is 0.463 e. The van der Waals surface area contributed by atoms with Crippen molar-refractivity contribution in [2.45, 2.75) is 13.8 Å². The van der Waals surface area contributed by atoms with Gasteiger partial charge in [0.2, 0.25) is 11.5 Å². The van der Waals surface area contributed by atoms with Crippen LogP contribution in [0.2, 0.25) is 0 Å². The number of hydrogen-bond donors (Lipinski definition) is 0. The number of methoxy groups -OCH3 is 1. The third kappa shape index (κ3) is 2.57. The molecule has 0 N–H and O–H groups in total. The van der Waals surface area contributed by atoms with Crippen molar-refractivity contribution in [1.29, 1.82) is 0 Å². The molecule has 2 aromatic rings. The number of furan rings is 1. The lowest BCUT2D eigenvalue weighted by Crippen LogP contribution is -2.02. The van der Waals surface area contributed by atoms with Crippen molar-refractivity contribution in [3.63, 3.8) is 0 Å². The zero-order valence-electron chi connectivity index (χ0n) is 11.0. The second-order valence-corrected chi connectivity index (χ2v) is 4.28. The molecular formula is C15H14O4. The summed E-state index contributed by atoms with van der Waals surface area (Å²) in [5.41, 5.74) is 2.69. The van der Waals surface area contributed by atoms with Crippen molar-refractivity contribution in [1.82, 2.24) is 0 Å². The fourth-order valence-corrected chi connectivity index (χ4v) is 1.70. The quantitative estimate of drug-likeness (QED) is 0.627. The van der Waals surface area contributed by atoms with Crippen LogP contribution in [-0.2, 0) is 4.74 Å². The minimum atomic E-state index is -0.598. The van der Waals surface area contributed by atoms with E-state index in [1.54, 1.807) is 12.1 Å². The normalized spacial score (nSPS) is 10.3. The SMILES string of the molecule is COC(=O)c1ccc(C(=O)c2ccc(C)c(C)c2)o1. The Labute approximate surface area is 111 Å². The molecule has 0 saturated heterocycles. The third-order valence-electron chi connectivity index (χ3n) is 2.99. The molecule has 0 fully saturated rings. The molecule has 0 amide bonds. The van der Waals surface area contributed by atoms with Crippen molar-refractivity contribution in [2.75, 3.05) is 7.11 Å². The van der Waals surface area contributed by atoms with Gasteiger partial charge in [-0.3, -0.25) is 4.79 Å². The summed E-state index contributed by atoms with van der Waals surface area (Å²) in [6.07, 6.45) is 0. The average molecular weight is 258 g/mol. The van der Waals surface area contributed by atoms with Crippen LogP contribution in [0.4, 0.5) is 0 Å². The maximum Gasteiger partial charge on any atom is 0.373 e. The Hall–Kier alpha value is -2.36. The van der Waals surface area contributed by atoms with Gasteiger partial charge in [-0.2, -0.15) is 0 Å². The van der Waals surface area contributed by atoms with Crippen LogP contribution in [-0.4, -0.2) is 18.9 Å². The first-order valence-electron chi connectivity index (χ1n) is 5.83. The van der Waals surface area contributed by atoms with E-state index in [2.05, 4.69) is 4.74 Å². The smallest absolute Gasteiger partial charge is 0.373 e. The number of esters is 1. The molecule has 1 aromatic carbocycles. The van der Waals surface area contributed by atoms with Gasteiger partial charge >= 0.3 is 5.97 Å². The summed E-state index contributed by atoms with van der Waals surface area (Å²) >= 11 is 0. The number of hydrogen-bond acceptors (Lipinski definition) is 4. The predicted octanol–water partition coefficient (Wildman–Crippen LogP) is 2.91. The Kier molecular flexibility index (Phi) is 3.51. The summed E-state index contributed by atoms with van der Waals surface area (Å²) < 4.78 is 9.72. The van der Waals surface area contributed by atoms with E-state index < -0.39 is 5.97 Å². The second kappa shape index (κ2) is 5.10. The van der Waals surface area contributed by atoms with E-state index in [-0.39, 0.29) is 17.3 Å². The molecule has 0 spiro atoms. The zero-order valence-corrected chi connectivity index (χ0v) is 11.0. The van der Waals surface area contributed by atoms with Gasteiger partial charge in [0, 0.05) is 5.56 Å². The Morgan fingerprint density at radius 2 is 1.68 bits per heavy atom. The van der Waals surface area contributed by atoms with Crippen LogP contribution in [0.3, 0.4) is 0 Å².